The number of ether oxygens (including phenoxy) is 1. The van der Waals surface area contributed by atoms with Crippen molar-refractivity contribution in [3.8, 4) is 5.75 Å². The number of nitrogens with zero attached hydrogens (tertiary/aromatic N) is 2. The van der Waals surface area contributed by atoms with Crippen LogP contribution in [0.3, 0.4) is 0 Å². The smallest absolute Gasteiger partial charge is 0.163 e. The van der Waals surface area contributed by atoms with Gasteiger partial charge in [0, 0.05) is 6.54 Å². The molecule has 6 heteroatoms. The molecule has 0 aliphatic heterocycles. The van der Waals surface area contributed by atoms with Gasteiger partial charge in [-0.25, -0.2) is 4.39 Å². The van der Waals surface area contributed by atoms with Crippen LogP contribution in [0.4, 0.5) is 4.39 Å². The lowest BCUT2D eigenvalue weighted by atomic mass is 10.1. The molecule has 1 aromatic heterocycles. The van der Waals surface area contributed by atoms with E-state index in [0.717, 1.165) is 6.42 Å². The Bertz CT molecular complexity index is 601. The standard InChI is InChI=1S/C14H16ClFN2O2/c1-3-6-18-13(12(20-2)8-17-18)14(19)9-4-5-11(16)10(15)7-9/h4-5,7-8,14,19H,3,6H2,1-2H3. The first-order valence-electron chi connectivity index (χ1n) is 6.31. The number of aliphatic hydroxyl groups is 1. The fourth-order valence-electron chi connectivity index (χ4n) is 2.04. The molecule has 0 spiro atoms. The van der Waals surface area contributed by atoms with Gasteiger partial charge in [0.2, 0.25) is 0 Å². The molecule has 1 N–H and O–H groups in total. The van der Waals surface area contributed by atoms with Crippen LogP contribution in [0.1, 0.15) is 30.7 Å². The van der Waals surface area contributed by atoms with Crippen LogP contribution >= 0.6 is 11.6 Å². The number of halogens is 2. The van der Waals surface area contributed by atoms with Crippen molar-refractivity contribution in [2.75, 3.05) is 7.11 Å². The van der Waals surface area contributed by atoms with Crippen LogP contribution in [0.15, 0.2) is 24.4 Å². The van der Waals surface area contributed by atoms with Gasteiger partial charge in [0.1, 0.15) is 17.6 Å². The summed E-state index contributed by atoms with van der Waals surface area (Å²) in [6.07, 6.45) is 1.45. The van der Waals surface area contributed by atoms with Crippen LogP contribution in [0, 0.1) is 5.82 Å². The summed E-state index contributed by atoms with van der Waals surface area (Å²) >= 11 is 5.75. The molecule has 0 saturated heterocycles. The fraction of sp³-hybridized carbons (Fsp3) is 0.357. The number of hydrogen-bond acceptors (Lipinski definition) is 3. The van der Waals surface area contributed by atoms with Gasteiger partial charge in [-0.2, -0.15) is 5.10 Å². The highest BCUT2D eigenvalue weighted by Gasteiger charge is 2.22. The minimum atomic E-state index is -0.975. The maximum Gasteiger partial charge on any atom is 0.163 e. The lowest BCUT2D eigenvalue weighted by Gasteiger charge is -2.15. The molecule has 1 atom stereocenters. The average molecular weight is 299 g/mol. The van der Waals surface area contributed by atoms with Crippen molar-refractivity contribution >= 4 is 11.6 Å². The Labute approximate surface area is 121 Å². The maximum absolute atomic E-state index is 13.2. The summed E-state index contributed by atoms with van der Waals surface area (Å²) in [6, 6.07) is 4.13. The van der Waals surface area contributed by atoms with E-state index in [1.54, 1.807) is 10.9 Å². The fourth-order valence-corrected chi connectivity index (χ4v) is 2.23. The second-order valence-corrected chi connectivity index (χ2v) is 4.80. The molecule has 0 fully saturated rings. The molecule has 1 aromatic carbocycles. The minimum Gasteiger partial charge on any atom is -0.493 e. The van der Waals surface area contributed by atoms with Crippen molar-refractivity contribution < 1.29 is 14.2 Å². The molecule has 1 unspecified atom stereocenters. The Morgan fingerprint density at radius 1 is 1.50 bits per heavy atom. The van der Waals surface area contributed by atoms with Gasteiger partial charge in [-0.15, -0.1) is 0 Å². The molecule has 2 rings (SSSR count). The molecule has 0 aliphatic rings. The predicted octanol–water partition coefficient (Wildman–Crippen LogP) is 3.18. The third-order valence-corrected chi connectivity index (χ3v) is 3.31. The highest BCUT2D eigenvalue weighted by atomic mass is 35.5. The van der Waals surface area contributed by atoms with Crippen LogP contribution in [-0.2, 0) is 6.54 Å². The summed E-state index contributed by atoms with van der Waals surface area (Å²) in [4.78, 5) is 0. The van der Waals surface area contributed by atoms with Crippen molar-refractivity contribution in [1.29, 1.82) is 0 Å². The van der Waals surface area contributed by atoms with Crippen LogP contribution in [0.5, 0.6) is 5.75 Å². The van der Waals surface area contributed by atoms with Gasteiger partial charge in [-0.3, -0.25) is 4.68 Å². The summed E-state index contributed by atoms with van der Waals surface area (Å²) in [5.41, 5.74) is 1.03. The normalized spacial score (nSPS) is 12.4. The Morgan fingerprint density at radius 3 is 2.85 bits per heavy atom. The van der Waals surface area contributed by atoms with Crippen LogP contribution in [0.25, 0.3) is 0 Å². The average Bonchev–Trinajstić information content (AvgIpc) is 2.84. The van der Waals surface area contributed by atoms with E-state index < -0.39 is 11.9 Å². The highest BCUT2D eigenvalue weighted by Crippen LogP contribution is 2.31. The van der Waals surface area contributed by atoms with E-state index in [1.165, 1.54) is 25.3 Å². The Morgan fingerprint density at radius 2 is 2.25 bits per heavy atom. The first kappa shape index (κ1) is 14.8. The molecule has 0 amide bonds. The van der Waals surface area contributed by atoms with E-state index in [-0.39, 0.29) is 5.02 Å². The number of hydrogen-bond donors (Lipinski definition) is 1. The van der Waals surface area contributed by atoms with E-state index in [4.69, 9.17) is 16.3 Å². The summed E-state index contributed by atoms with van der Waals surface area (Å²) in [7, 11) is 1.52. The summed E-state index contributed by atoms with van der Waals surface area (Å²) in [5.74, 6) is -0.0250. The largest absolute Gasteiger partial charge is 0.493 e. The van der Waals surface area contributed by atoms with Gasteiger partial charge in [-0.1, -0.05) is 24.6 Å². The summed E-state index contributed by atoms with van der Waals surface area (Å²) in [6.45, 7) is 2.67. The molecule has 0 aliphatic carbocycles. The Balaban J connectivity index is 2.43. The zero-order valence-corrected chi connectivity index (χ0v) is 12.1. The second kappa shape index (κ2) is 6.24. The number of rotatable bonds is 5. The van der Waals surface area contributed by atoms with Crippen molar-refractivity contribution in [3.63, 3.8) is 0 Å². The first-order valence-corrected chi connectivity index (χ1v) is 6.69. The van der Waals surface area contributed by atoms with Gasteiger partial charge in [-0.05, 0) is 24.1 Å². The van der Waals surface area contributed by atoms with Crippen molar-refractivity contribution in [2.45, 2.75) is 26.0 Å². The van der Waals surface area contributed by atoms with Crippen LogP contribution in [0.2, 0.25) is 5.02 Å². The molecule has 4 nitrogen and oxygen atoms in total. The SMILES string of the molecule is CCCn1ncc(OC)c1C(O)c1ccc(F)c(Cl)c1. The lowest BCUT2D eigenvalue weighted by Crippen LogP contribution is -2.11. The zero-order chi connectivity index (χ0) is 14.7. The van der Waals surface area contributed by atoms with Crippen molar-refractivity contribution in [3.05, 3.63) is 46.5 Å². The summed E-state index contributed by atoms with van der Waals surface area (Å²) in [5, 5.41) is 14.7. The first-order chi connectivity index (χ1) is 9.58. The van der Waals surface area contributed by atoms with Crippen molar-refractivity contribution in [1.82, 2.24) is 9.78 Å². The molecular formula is C14H16ClFN2O2. The Kier molecular flexibility index (Phi) is 4.62. The summed E-state index contributed by atoms with van der Waals surface area (Å²) < 4.78 is 20.1. The third kappa shape index (κ3) is 2.78. The van der Waals surface area contributed by atoms with Gasteiger partial charge in [0.15, 0.2) is 5.75 Å². The molecule has 0 saturated carbocycles. The number of aromatic nitrogens is 2. The topological polar surface area (TPSA) is 47.3 Å². The van der Waals surface area contributed by atoms with E-state index >= 15 is 0 Å². The molecule has 1 heterocycles. The van der Waals surface area contributed by atoms with Gasteiger partial charge >= 0.3 is 0 Å². The lowest BCUT2D eigenvalue weighted by molar-refractivity contribution is 0.202. The predicted molar refractivity (Wildman–Crippen MR) is 74.5 cm³/mol. The maximum atomic E-state index is 13.2. The molecular weight excluding hydrogens is 283 g/mol. The van der Waals surface area contributed by atoms with E-state index in [0.29, 0.717) is 23.6 Å². The minimum absolute atomic E-state index is 0.0259. The number of methoxy groups -OCH3 is 1. The van der Waals surface area contributed by atoms with E-state index in [9.17, 15) is 9.50 Å². The van der Waals surface area contributed by atoms with Gasteiger partial charge in [0.05, 0.1) is 18.3 Å². The van der Waals surface area contributed by atoms with Gasteiger partial charge < -0.3 is 9.84 Å². The highest BCUT2D eigenvalue weighted by molar-refractivity contribution is 6.30. The molecule has 20 heavy (non-hydrogen) atoms. The molecule has 0 radical (unpaired) electrons. The molecule has 0 bridgehead atoms. The van der Waals surface area contributed by atoms with Crippen LogP contribution in [-0.4, -0.2) is 22.0 Å². The third-order valence-electron chi connectivity index (χ3n) is 3.02. The number of benzene rings is 1. The van der Waals surface area contributed by atoms with Crippen LogP contribution < -0.4 is 4.74 Å². The Hall–Kier alpha value is -1.59. The van der Waals surface area contributed by atoms with E-state index in [2.05, 4.69) is 5.10 Å². The number of aliphatic hydroxyl groups excluding tert-OH is 1. The number of aryl methyl sites for hydroxylation is 1. The zero-order valence-electron chi connectivity index (χ0n) is 11.3. The molecule has 108 valence electrons. The van der Waals surface area contributed by atoms with E-state index in [1.807, 2.05) is 6.92 Å². The second-order valence-electron chi connectivity index (χ2n) is 4.40. The quantitative estimate of drug-likeness (QED) is 0.922. The molecule has 2 aromatic rings. The van der Waals surface area contributed by atoms with Gasteiger partial charge in [0.25, 0.3) is 0 Å². The van der Waals surface area contributed by atoms with Crippen molar-refractivity contribution in [2.24, 2.45) is 0 Å². The monoisotopic (exact) mass is 298 g/mol.